The van der Waals surface area contributed by atoms with Gasteiger partial charge in [0.25, 0.3) is 0 Å². The summed E-state index contributed by atoms with van der Waals surface area (Å²) in [6.45, 7) is 8.81. The van der Waals surface area contributed by atoms with Crippen LogP contribution in [0.4, 0.5) is 11.8 Å². The second-order valence-corrected chi connectivity index (χ2v) is 5.02. The predicted octanol–water partition coefficient (Wildman–Crippen LogP) is 1.51. The van der Waals surface area contributed by atoms with E-state index < -0.39 is 0 Å². The van der Waals surface area contributed by atoms with Crippen LogP contribution in [0.2, 0.25) is 0 Å². The second-order valence-electron chi connectivity index (χ2n) is 5.02. The summed E-state index contributed by atoms with van der Waals surface area (Å²) >= 11 is 0. The SMILES string of the molecule is CCN1CCC(CNc2nc(N)ncc2C)CC1. The van der Waals surface area contributed by atoms with Gasteiger partial charge in [-0.25, -0.2) is 4.98 Å². The van der Waals surface area contributed by atoms with E-state index in [1.807, 2.05) is 6.92 Å². The Morgan fingerprint density at radius 1 is 1.44 bits per heavy atom. The Morgan fingerprint density at radius 2 is 2.17 bits per heavy atom. The van der Waals surface area contributed by atoms with Crippen molar-refractivity contribution < 1.29 is 0 Å². The van der Waals surface area contributed by atoms with Crippen molar-refractivity contribution in [3.8, 4) is 0 Å². The van der Waals surface area contributed by atoms with E-state index in [-0.39, 0.29) is 0 Å². The zero-order chi connectivity index (χ0) is 13.0. The number of hydrogen-bond donors (Lipinski definition) is 2. The molecule has 1 aromatic rings. The van der Waals surface area contributed by atoms with E-state index in [9.17, 15) is 0 Å². The molecule has 0 bridgehead atoms. The van der Waals surface area contributed by atoms with Gasteiger partial charge in [0, 0.05) is 18.3 Å². The first-order chi connectivity index (χ1) is 8.69. The van der Waals surface area contributed by atoms with Gasteiger partial charge in [-0.15, -0.1) is 0 Å². The molecule has 0 aromatic carbocycles. The Morgan fingerprint density at radius 3 is 2.83 bits per heavy atom. The lowest BCUT2D eigenvalue weighted by Gasteiger charge is -2.31. The van der Waals surface area contributed by atoms with Crippen LogP contribution in [0, 0.1) is 12.8 Å². The van der Waals surface area contributed by atoms with Crippen LogP contribution in [-0.4, -0.2) is 41.0 Å². The van der Waals surface area contributed by atoms with E-state index in [2.05, 4.69) is 27.1 Å². The number of aromatic nitrogens is 2. The predicted molar refractivity (Wildman–Crippen MR) is 74.5 cm³/mol. The highest BCUT2D eigenvalue weighted by atomic mass is 15.1. The van der Waals surface area contributed by atoms with Gasteiger partial charge in [-0.1, -0.05) is 6.92 Å². The molecular formula is C13H23N5. The number of anilines is 2. The average molecular weight is 249 g/mol. The third kappa shape index (κ3) is 3.32. The summed E-state index contributed by atoms with van der Waals surface area (Å²) in [6, 6.07) is 0. The van der Waals surface area contributed by atoms with Gasteiger partial charge in [0.2, 0.25) is 5.95 Å². The highest BCUT2D eigenvalue weighted by Gasteiger charge is 2.18. The lowest BCUT2D eigenvalue weighted by Crippen LogP contribution is -2.35. The van der Waals surface area contributed by atoms with E-state index in [0.717, 1.165) is 23.8 Å². The molecule has 1 aliphatic rings. The van der Waals surface area contributed by atoms with Crippen molar-refractivity contribution in [2.24, 2.45) is 5.92 Å². The molecular weight excluding hydrogens is 226 g/mol. The molecule has 5 heteroatoms. The maximum atomic E-state index is 5.60. The lowest BCUT2D eigenvalue weighted by molar-refractivity contribution is 0.198. The van der Waals surface area contributed by atoms with Crippen LogP contribution in [0.15, 0.2) is 6.20 Å². The minimum atomic E-state index is 0.337. The highest BCUT2D eigenvalue weighted by molar-refractivity contribution is 5.45. The fraction of sp³-hybridized carbons (Fsp3) is 0.692. The van der Waals surface area contributed by atoms with Gasteiger partial charge in [-0.05, 0) is 45.3 Å². The molecule has 5 nitrogen and oxygen atoms in total. The molecule has 1 aliphatic heterocycles. The highest BCUT2D eigenvalue weighted by Crippen LogP contribution is 2.18. The van der Waals surface area contributed by atoms with E-state index in [1.54, 1.807) is 6.20 Å². The fourth-order valence-electron chi connectivity index (χ4n) is 2.38. The largest absolute Gasteiger partial charge is 0.369 e. The molecule has 100 valence electrons. The molecule has 2 rings (SSSR count). The van der Waals surface area contributed by atoms with E-state index in [1.165, 1.54) is 32.5 Å². The number of nitrogens with zero attached hydrogens (tertiary/aromatic N) is 3. The summed E-state index contributed by atoms with van der Waals surface area (Å²) in [4.78, 5) is 10.7. The number of nitrogens with two attached hydrogens (primary N) is 1. The van der Waals surface area contributed by atoms with Crippen LogP contribution in [0.1, 0.15) is 25.3 Å². The molecule has 0 atom stereocenters. The molecule has 2 heterocycles. The van der Waals surface area contributed by atoms with E-state index >= 15 is 0 Å². The molecule has 3 N–H and O–H groups in total. The summed E-state index contributed by atoms with van der Waals surface area (Å²) < 4.78 is 0. The Kier molecular flexibility index (Phi) is 4.36. The maximum Gasteiger partial charge on any atom is 0.221 e. The Bertz CT molecular complexity index is 385. The third-order valence-electron chi connectivity index (χ3n) is 3.70. The van der Waals surface area contributed by atoms with Crippen molar-refractivity contribution in [3.05, 3.63) is 11.8 Å². The molecule has 1 aromatic heterocycles. The minimum absolute atomic E-state index is 0.337. The summed E-state index contributed by atoms with van der Waals surface area (Å²) in [6.07, 6.45) is 4.30. The molecule has 0 spiro atoms. The van der Waals surface area contributed by atoms with Gasteiger partial charge < -0.3 is 16.0 Å². The van der Waals surface area contributed by atoms with Gasteiger partial charge in [-0.3, -0.25) is 0 Å². The lowest BCUT2D eigenvalue weighted by atomic mass is 9.97. The first kappa shape index (κ1) is 13.1. The van der Waals surface area contributed by atoms with Crippen LogP contribution in [0.3, 0.4) is 0 Å². The maximum absolute atomic E-state index is 5.60. The monoisotopic (exact) mass is 249 g/mol. The number of aryl methyl sites for hydroxylation is 1. The van der Waals surface area contributed by atoms with Crippen LogP contribution in [-0.2, 0) is 0 Å². The van der Waals surface area contributed by atoms with Crippen LogP contribution in [0.25, 0.3) is 0 Å². The van der Waals surface area contributed by atoms with Crippen molar-refractivity contribution >= 4 is 11.8 Å². The molecule has 1 saturated heterocycles. The zero-order valence-corrected chi connectivity index (χ0v) is 11.3. The van der Waals surface area contributed by atoms with Crippen molar-refractivity contribution in [2.45, 2.75) is 26.7 Å². The minimum Gasteiger partial charge on any atom is -0.369 e. The summed E-state index contributed by atoms with van der Waals surface area (Å²) in [5.74, 6) is 1.95. The van der Waals surface area contributed by atoms with Crippen molar-refractivity contribution in [1.29, 1.82) is 0 Å². The Balaban J connectivity index is 1.83. The number of hydrogen-bond acceptors (Lipinski definition) is 5. The fourth-order valence-corrected chi connectivity index (χ4v) is 2.38. The normalized spacial score (nSPS) is 17.9. The topological polar surface area (TPSA) is 67.1 Å². The number of piperidine rings is 1. The van der Waals surface area contributed by atoms with Gasteiger partial charge in [0.05, 0.1) is 0 Å². The molecule has 0 unspecified atom stereocenters. The first-order valence-corrected chi connectivity index (χ1v) is 6.74. The average Bonchev–Trinajstić information content (AvgIpc) is 2.40. The molecule has 18 heavy (non-hydrogen) atoms. The number of nitrogens with one attached hydrogen (secondary N) is 1. The van der Waals surface area contributed by atoms with Crippen molar-refractivity contribution in [1.82, 2.24) is 14.9 Å². The number of rotatable bonds is 4. The smallest absolute Gasteiger partial charge is 0.221 e. The Hall–Kier alpha value is -1.36. The molecule has 0 radical (unpaired) electrons. The molecule has 0 amide bonds. The number of likely N-dealkylation sites (tertiary alicyclic amines) is 1. The van der Waals surface area contributed by atoms with Gasteiger partial charge >= 0.3 is 0 Å². The summed E-state index contributed by atoms with van der Waals surface area (Å²) in [7, 11) is 0. The van der Waals surface area contributed by atoms with Crippen molar-refractivity contribution in [2.75, 3.05) is 37.2 Å². The van der Waals surface area contributed by atoms with Gasteiger partial charge in [0.1, 0.15) is 5.82 Å². The number of nitrogen functional groups attached to an aromatic ring is 1. The van der Waals surface area contributed by atoms with Gasteiger partial charge in [0.15, 0.2) is 0 Å². The van der Waals surface area contributed by atoms with E-state index in [4.69, 9.17) is 5.73 Å². The quantitative estimate of drug-likeness (QED) is 0.846. The third-order valence-corrected chi connectivity index (χ3v) is 3.70. The van der Waals surface area contributed by atoms with Gasteiger partial charge in [-0.2, -0.15) is 4.98 Å². The molecule has 1 fully saturated rings. The van der Waals surface area contributed by atoms with E-state index in [0.29, 0.717) is 5.95 Å². The standard InChI is InChI=1S/C13H23N5/c1-3-18-6-4-11(5-7-18)9-15-12-10(2)8-16-13(14)17-12/h8,11H,3-7,9H2,1-2H3,(H3,14,15,16,17). The van der Waals surface area contributed by atoms with Crippen LogP contribution >= 0.6 is 0 Å². The molecule has 0 aliphatic carbocycles. The van der Waals surface area contributed by atoms with Crippen LogP contribution in [0.5, 0.6) is 0 Å². The second kappa shape index (κ2) is 6.00. The first-order valence-electron chi connectivity index (χ1n) is 6.74. The molecule has 0 saturated carbocycles. The zero-order valence-electron chi connectivity index (χ0n) is 11.3. The summed E-state index contributed by atoms with van der Waals surface area (Å²) in [5, 5.41) is 3.41. The van der Waals surface area contributed by atoms with Crippen molar-refractivity contribution in [3.63, 3.8) is 0 Å². The summed E-state index contributed by atoms with van der Waals surface area (Å²) in [5.41, 5.74) is 6.65. The Labute approximate surface area is 109 Å². The van der Waals surface area contributed by atoms with Crippen LogP contribution < -0.4 is 11.1 Å².